The lowest BCUT2D eigenvalue weighted by Gasteiger charge is -2.24. The minimum absolute atomic E-state index is 0.0854. The highest BCUT2D eigenvalue weighted by molar-refractivity contribution is 5.71. The van der Waals surface area contributed by atoms with Crippen molar-refractivity contribution in [2.75, 3.05) is 6.61 Å². The summed E-state index contributed by atoms with van der Waals surface area (Å²) in [5.74, 6) is 0.289. The lowest BCUT2D eigenvalue weighted by Crippen LogP contribution is -2.19. The molecule has 2 aromatic carbocycles. The molecule has 0 radical (unpaired) electrons. The van der Waals surface area contributed by atoms with Crippen LogP contribution in [0.3, 0.4) is 0 Å². The molecule has 3 nitrogen and oxygen atoms in total. The van der Waals surface area contributed by atoms with E-state index in [9.17, 15) is 4.79 Å². The Balaban J connectivity index is 1.69. The lowest BCUT2D eigenvalue weighted by molar-refractivity contribution is -0.144. The van der Waals surface area contributed by atoms with Crippen molar-refractivity contribution in [1.29, 1.82) is 5.26 Å². The number of ether oxygens (including phenoxy) is 1. The maximum Gasteiger partial charge on any atom is 0.306 e. The van der Waals surface area contributed by atoms with Crippen LogP contribution in [0, 0.1) is 17.2 Å². The van der Waals surface area contributed by atoms with Crippen molar-refractivity contribution in [3.63, 3.8) is 0 Å². The normalized spacial score (nSPS) is 16.1. The van der Waals surface area contributed by atoms with Gasteiger partial charge >= 0.3 is 5.97 Å². The Kier molecular flexibility index (Phi) is 5.86. The van der Waals surface area contributed by atoms with E-state index < -0.39 is 0 Å². The van der Waals surface area contributed by atoms with Crippen molar-refractivity contribution in [3.8, 4) is 6.07 Å². The Morgan fingerprint density at radius 2 is 1.88 bits per heavy atom. The SMILES string of the molecule is CCOC(=O)CC1CCc2ccc(/C=C/c3ccc(C#N)cc3)cc2C1. The van der Waals surface area contributed by atoms with Gasteiger partial charge in [0, 0.05) is 6.42 Å². The topological polar surface area (TPSA) is 50.1 Å². The smallest absolute Gasteiger partial charge is 0.306 e. The summed E-state index contributed by atoms with van der Waals surface area (Å²) in [4.78, 5) is 11.7. The fourth-order valence-corrected chi connectivity index (χ4v) is 3.45. The molecule has 0 saturated heterocycles. The molecule has 3 heteroatoms. The number of nitrogens with zero attached hydrogens (tertiary/aromatic N) is 1. The summed E-state index contributed by atoms with van der Waals surface area (Å²) >= 11 is 0. The van der Waals surface area contributed by atoms with Gasteiger partial charge in [0.1, 0.15) is 0 Å². The number of hydrogen-bond donors (Lipinski definition) is 0. The number of esters is 1. The molecule has 1 aliphatic rings. The second kappa shape index (κ2) is 8.49. The predicted octanol–water partition coefficient (Wildman–Crippen LogP) is 4.79. The first-order valence-electron chi connectivity index (χ1n) is 9.13. The zero-order valence-electron chi connectivity index (χ0n) is 15.1. The fraction of sp³-hybridized carbons (Fsp3) is 0.304. The van der Waals surface area contributed by atoms with E-state index in [0.29, 0.717) is 24.5 Å². The van der Waals surface area contributed by atoms with E-state index in [0.717, 1.165) is 30.4 Å². The van der Waals surface area contributed by atoms with Gasteiger partial charge in [-0.15, -0.1) is 0 Å². The molecule has 0 amide bonds. The summed E-state index contributed by atoms with van der Waals surface area (Å²) in [5, 5.41) is 8.86. The number of fused-ring (bicyclic) bond motifs is 1. The summed E-state index contributed by atoms with van der Waals surface area (Å²) in [7, 11) is 0. The summed E-state index contributed by atoms with van der Waals surface area (Å²) < 4.78 is 5.09. The van der Waals surface area contributed by atoms with Crippen LogP contribution in [0.2, 0.25) is 0 Å². The summed E-state index contributed by atoms with van der Waals surface area (Å²) in [6.07, 6.45) is 7.68. The van der Waals surface area contributed by atoms with Gasteiger partial charge in [-0.25, -0.2) is 0 Å². The summed E-state index contributed by atoms with van der Waals surface area (Å²) in [6.45, 7) is 2.30. The van der Waals surface area contributed by atoms with E-state index in [2.05, 4.69) is 36.4 Å². The Hall–Kier alpha value is -2.86. The molecule has 2 aromatic rings. The molecule has 1 aliphatic carbocycles. The van der Waals surface area contributed by atoms with Crippen molar-refractivity contribution in [2.45, 2.75) is 32.6 Å². The third kappa shape index (κ3) is 4.61. The van der Waals surface area contributed by atoms with Gasteiger partial charge in [-0.2, -0.15) is 5.26 Å². The number of nitriles is 1. The predicted molar refractivity (Wildman–Crippen MR) is 103 cm³/mol. The zero-order chi connectivity index (χ0) is 18.4. The van der Waals surface area contributed by atoms with Crippen LogP contribution >= 0.6 is 0 Å². The first kappa shape index (κ1) is 17.9. The molecule has 0 aliphatic heterocycles. The largest absolute Gasteiger partial charge is 0.466 e. The summed E-state index contributed by atoms with van der Waals surface area (Å²) in [6, 6.07) is 16.3. The highest BCUT2D eigenvalue weighted by Gasteiger charge is 2.21. The molecule has 3 rings (SSSR count). The van der Waals surface area contributed by atoms with Gasteiger partial charge < -0.3 is 4.74 Å². The maximum atomic E-state index is 11.7. The van der Waals surface area contributed by atoms with E-state index >= 15 is 0 Å². The van der Waals surface area contributed by atoms with Gasteiger partial charge in [0.15, 0.2) is 0 Å². The van der Waals surface area contributed by atoms with Gasteiger partial charge in [-0.3, -0.25) is 4.79 Å². The molecule has 1 unspecified atom stereocenters. The number of benzene rings is 2. The van der Waals surface area contributed by atoms with Crippen LogP contribution < -0.4 is 0 Å². The number of carbonyl (C=O) groups excluding carboxylic acids is 1. The standard InChI is InChI=1S/C23H23NO2/c1-2-26-23(25)15-20-10-12-21-11-9-18(13-22(21)14-20)6-3-17-4-7-19(16-24)8-5-17/h3-9,11,13,20H,2,10,12,14-15H2,1H3/b6-3+. The van der Waals surface area contributed by atoms with Gasteiger partial charge in [-0.05, 0) is 66.5 Å². The van der Waals surface area contributed by atoms with E-state index in [4.69, 9.17) is 10.00 Å². The Morgan fingerprint density at radius 3 is 2.62 bits per heavy atom. The third-order valence-corrected chi connectivity index (χ3v) is 4.83. The second-order valence-corrected chi connectivity index (χ2v) is 6.71. The monoisotopic (exact) mass is 345 g/mol. The third-order valence-electron chi connectivity index (χ3n) is 4.83. The van der Waals surface area contributed by atoms with E-state index in [-0.39, 0.29) is 5.97 Å². The molecule has 26 heavy (non-hydrogen) atoms. The number of aryl methyl sites for hydroxylation is 1. The van der Waals surface area contributed by atoms with Crippen molar-refractivity contribution >= 4 is 18.1 Å². The van der Waals surface area contributed by atoms with Gasteiger partial charge in [0.25, 0.3) is 0 Å². The van der Waals surface area contributed by atoms with Crippen molar-refractivity contribution in [1.82, 2.24) is 0 Å². The quantitative estimate of drug-likeness (QED) is 0.578. The molecule has 0 aromatic heterocycles. The number of hydrogen-bond acceptors (Lipinski definition) is 3. The van der Waals surface area contributed by atoms with E-state index in [1.165, 1.54) is 11.1 Å². The highest BCUT2D eigenvalue weighted by atomic mass is 16.5. The minimum atomic E-state index is -0.0854. The molecular weight excluding hydrogens is 322 g/mol. The highest BCUT2D eigenvalue weighted by Crippen LogP contribution is 2.29. The van der Waals surface area contributed by atoms with Crippen LogP contribution in [0.15, 0.2) is 42.5 Å². The average Bonchev–Trinajstić information content (AvgIpc) is 2.66. The molecule has 1 atom stereocenters. The molecule has 0 spiro atoms. The number of carbonyl (C=O) groups is 1. The van der Waals surface area contributed by atoms with Crippen LogP contribution in [0.1, 0.15) is 47.6 Å². The van der Waals surface area contributed by atoms with Gasteiger partial charge in [0.2, 0.25) is 0 Å². The van der Waals surface area contributed by atoms with Crippen LogP contribution in [0.4, 0.5) is 0 Å². The van der Waals surface area contributed by atoms with Crippen LogP contribution in [-0.4, -0.2) is 12.6 Å². The lowest BCUT2D eigenvalue weighted by atomic mass is 9.81. The van der Waals surface area contributed by atoms with E-state index in [1.807, 2.05) is 31.2 Å². The molecule has 0 N–H and O–H groups in total. The Bertz CT molecular complexity index is 844. The first-order valence-corrected chi connectivity index (χ1v) is 9.13. The Labute approximate surface area is 154 Å². The van der Waals surface area contributed by atoms with E-state index in [1.54, 1.807) is 0 Å². The van der Waals surface area contributed by atoms with Gasteiger partial charge in [-0.1, -0.05) is 42.5 Å². The molecule has 132 valence electrons. The maximum absolute atomic E-state index is 11.7. The molecule has 0 fully saturated rings. The molecular formula is C23H23NO2. The van der Waals surface area contributed by atoms with Gasteiger partial charge in [0.05, 0.1) is 18.2 Å². The Morgan fingerprint density at radius 1 is 1.15 bits per heavy atom. The van der Waals surface area contributed by atoms with Crippen molar-refractivity contribution in [2.24, 2.45) is 5.92 Å². The van der Waals surface area contributed by atoms with Crippen LogP contribution in [0.25, 0.3) is 12.2 Å². The number of rotatable bonds is 5. The van der Waals surface area contributed by atoms with Crippen molar-refractivity contribution in [3.05, 3.63) is 70.3 Å². The second-order valence-electron chi connectivity index (χ2n) is 6.71. The zero-order valence-corrected chi connectivity index (χ0v) is 15.1. The van der Waals surface area contributed by atoms with Crippen molar-refractivity contribution < 1.29 is 9.53 Å². The molecule has 0 heterocycles. The molecule has 0 bridgehead atoms. The molecule has 0 saturated carbocycles. The van der Waals surface area contributed by atoms with Crippen LogP contribution in [-0.2, 0) is 22.4 Å². The fourth-order valence-electron chi connectivity index (χ4n) is 3.45. The minimum Gasteiger partial charge on any atom is -0.466 e. The van der Waals surface area contributed by atoms with Crippen LogP contribution in [0.5, 0.6) is 0 Å². The summed E-state index contributed by atoms with van der Waals surface area (Å²) in [5.41, 5.74) is 5.63. The average molecular weight is 345 g/mol. The first-order chi connectivity index (χ1) is 12.7.